The predicted molar refractivity (Wildman–Crippen MR) is 128 cm³/mol. The van der Waals surface area contributed by atoms with Crippen molar-refractivity contribution in [3.63, 3.8) is 0 Å². The number of nitrogens with one attached hydrogen (secondary N) is 2. The number of nitrogens with zero attached hydrogens (tertiary/aromatic N) is 1. The largest absolute Gasteiger partial charge is 0.490 e. The molecule has 0 aliphatic carbocycles. The lowest BCUT2D eigenvalue weighted by atomic mass is 10.1. The van der Waals surface area contributed by atoms with Crippen molar-refractivity contribution >= 4 is 41.6 Å². The molecule has 1 aliphatic rings. The SMILES string of the molecule is COC(=O)CCN=C(NCCc1ccccc1F)Nc1ccc2c(c1)OCCCO2.I. The number of carbonyl (C=O) groups is 1. The summed E-state index contributed by atoms with van der Waals surface area (Å²) < 4.78 is 29.9. The number of hydrogen-bond donors (Lipinski definition) is 2. The Bertz CT molecular complexity index is 895. The van der Waals surface area contributed by atoms with Crippen molar-refractivity contribution in [2.24, 2.45) is 4.99 Å². The number of ether oxygens (including phenoxy) is 3. The Morgan fingerprint density at radius 1 is 1.16 bits per heavy atom. The molecule has 31 heavy (non-hydrogen) atoms. The van der Waals surface area contributed by atoms with Crippen LogP contribution in [0.15, 0.2) is 47.5 Å². The van der Waals surface area contributed by atoms with E-state index in [1.54, 1.807) is 18.2 Å². The summed E-state index contributed by atoms with van der Waals surface area (Å²) in [5.41, 5.74) is 1.38. The maximum absolute atomic E-state index is 13.8. The van der Waals surface area contributed by atoms with E-state index < -0.39 is 0 Å². The average molecular weight is 543 g/mol. The lowest BCUT2D eigenvalue weighted by molar-refractivity contribution is -0.140. The molecule has 1 aliphatic heterocycles. The molecule has 2 aromatic rings. The first-order valence-corrected chi connectivity index (χ1v) is 9.91. The van der Waals surface area contributed by atoms with E-state index in [-0.39, 0.29) is 48.7 Å². The fourth-order valence-corrected chi connectivity index (χ4v) is 2.90. The van der Waals surface area contributed by atoms with Crippen LogP contribution in [0.4, 0.5) is 10.1 Å². The van der Waals surface area contributed by atoms with Gasteiger partial charge in [-0.3, -0.25) is 9.79 Å². The average Bonchev–Trinajstić information content (AvgIpc) is 2.99. The molecule has 0 unspecified atom stereocenters. The highest BCUT2D eigenvalue weighted by Gasteiger charge is 2.12. The first-order valence-electron chi connectivity index (χ1n) is 9.91. The van der Waals surface area contributed by atoms with Crippen LogP contribution in [0.1, 0.15) is 18.4 Å². The molecule has 2 N–H and O–H groups in total. The lowest BCUT2D eigenvalue weighted by Gasteiger charge is -2.15. The minimum absolute atomic E-state index is 0. The van der Waals surface area contributed by atoms with Crippen LogP contribution in [-0.4, -0.2) is 45.3 Å². The van der Waals surface area contributed by atoms with Crippen molar-refractivity contribution < 1.29 is 23.4 Å². The highest BCUT2D eigenvalue weighted by Crippen LogP contribution is 2.32. The van der Waals surface area contributed by atoms with Crippen molar-refractivity contribution in [3.8, 4) is 11.5 Å². The van der Waals surface area contributed by atoms with E-state index in [4.69, 9.17) is 9.47 Å². The quantitative estimate of drug-likeness (QED) is 0.240. The van der Waals surface area contributed by atoms with E-state index in [2.05, 4.69) is 20.4 Å². The number of hydrogen-bond acceptors (Lipinski definition) is 5. The molecule has 0 atom stereocenters. The molecule has 9 heteroatoms. The summed E-state index contributed by atoms with van der Waals surface area (Å²) in [6, 6.07) is 12.2. The molecule has 7 nitrogen and oxygen atoms in total. The third-order valence-corrected chi connectivity index (χ3v) is 4.47. The fraction of sp³-hybridized carbons (Fsp3) is 0.364. The van der Waals surface area contributed by atoms with Gasteiger partial charge in [0.2, 0.25) is 0 Å². The van der Waals surface area contributed by atoms with Gasteiger partial charge in [-0.2, -0.15) is 0 Å². The van der Waals surface area contributed by atoms with Crippen molar-refractivity contribution in [2.75, 3.05) is 38.7 Å². The molecule has 1 heterocycles. The number of esters is 1. The maximum Gasteiger partial charge on any atom is 0.307 e. The molecule has 0 bridgehead atoms. The zero-order valence-electron chi connectivity index (χ0n) is 17.4. The van der Waals surface area contributed by atoms with E-state index in [9.17, 15) is 9.18 Å². The van der Waals surface area contributed by atoms with Gasteiger partial charge in [-0.15, -0.1) is 24.0 Å². The molecule has 2 aromatic carbocycles. The normalized spacial score (nSPS) is 12.9. The van der Waals surface area contributed by atoms with Gasteiger partial charge < -0.3 is 24.8 Å². The van der Waals surface area contributed by atoms with Gasteiger partial charge in [0.05, 0.1) is 33.3 Å². The van der Waals surface area contributed by atoms with Crippen LogP contribution in [0.25, 0.3) is 0 Å². The van der Waals surface area contributed by atoms with E-state index in [0.29, 0.717) is 49.2 Å². The summed E-state index contributed by atoms with van der Waals surface area (Å²) in [5.74, 6) is 1.27. The van der Waals surface area contributed by atoms with Gasteiger partial charge in [0, 0.05) is 24.7 Å². The molecule has 0 amide bonds. The maximum atomic E-state index is 13.8. The zero-order chi connectivity index (χ0) is 21.2. The third-order valence-electron chi connectivity index (χ3n) is 4.47. The number of carbonyl (C=O) groups excluding carboxylic acids is 1. The van der Waals surface area contributed by atoms with Crippen molar-refractivity contribution in [1.82, 2.24) is 5.32 Å². The Morgan fingerprint density at radius 3 is 2.71 bits per heavy atom. The molecule has 3 rings (SSSR count). The number of rotatable bonds is 7. The van der Waals surface area contributed by atoms with E-state index >= 15 is 0 Å². The van der Waals surface area contributed by atoms with E-state index in [1.807, 2.05) is 18.2 Å². The number of methoxy groups -OCH3 is 1. The van der Waals surface area contributed by atoms with E-state index in [0.717, 1.165) is 12.1 Å². The van der Waals surface area contributed by atoms with Crippen molar-refractivity contribution in [3.05, 3.63) is 53.8 Å². The topological polar surface area (TPSA) is 81.2 Å². The molecule has 0 aromatic heterocycles. The van der Waals surface area contributed by atoms with Crippen LogP contribution in [0, 0.1) is 5.82 Å². The first-order chi connectivity index (χ1) is 14.7. The summed E-state index contributed by atoms with van der Waals surface area (Å²) in [6.07, 6.45) is 1.48. The van der Waals surface area contributed by atoms with E-state index in [1.165, 1.54) is 13.2 Å². The number of halogens is 2. The second-order valence-corrected chi connectivity index (χ2v) is 6.66. The Balaban J connectivity index is 0.00000341. The van der Waals surface area contributed by atoms with Crippen LogP contribution in [-0.2, 0) is 16.0 Å². The number of benzene rings is 2. The van der Waals surface area contributed by atoms with Crippen LogP contribution in [0.2, 0.25) is 0 Å². The number of fused-ring (bicyclic) bond motifs is 1. The Labute approximate surface area is 198 Å². The van der Waals surface area contributed by atoms with Gasteiger partial charge in [-0.05, 0) is 30.2 Å². The lowest BCUT2D eigenvalue weighted by Crippen LogP contribution is -2.33. The Kier molecular flexibility index (Phi) is 10.3. The Hall–Kier alpha value is -2.56. The summed E-state index contributed by atoms with van der Waals surface area (Å²) in [7, 11) is 1.34. The highest BCUT2D eigenvalue weighted by molar-refractivity contribution is 14.0. The highest BCUT2D eigenvalue weighted by atomic mass is 127. The minimum Gasteiger partial charge on any atom is -0.490 e. The van der Waals surface area contributed by atoms with Crippen LogP contribution < -0.4 is 20.1 Å². The standard InChI is InChI=1S/C22H26FN3O4.HI/c1-28-21(27)10-12-25-22(24-11-9-16-5-2-3-6-18(16)23)26-17-7-8-19-20(15-17)30-14-4-13-29-19;/h2-3,5-8,15H,4,9-14H2,1H3,(H2,24,25,26);1H. The fourth-order valence-electron chi connectivity index (χ4n) is 2.90. The smallest absolute Gasteiger partial charge is 0.307 e. The summed E-state index contributed by atoms with van der Waals surface area (Å²) in [4.78, 5) is 15.8. The zero-order valence-corrected chi connectivity index (χ0v) is 19.7. The van der Waals surface area contributed by atoms with Gasteiger partial charge in [-0.25, -0.2) is 4.39 Å². The molecule has 0 fully saturated rings. The summed E-state index contributed by atoms with van der Waals surface area (Å²) in [6.45, 7) is 1.94. The second kappa shape index (κ2) is 13.0. The monoisotopic (exact) mass is 543 g/mol. The molecule has 168 valence electrons. The Morgan fingerprint density at radius 2 is 1.94 bits per heavy atom. The first kappa shape index (κ1) is 24.7. The molecule has 0 saturated carbocycles. The van der Waals surface area contributed by atoms with Gasteiger partial charge in [0.15, 0.2) is 17.5 Å². The predicted octanol–water partition coefficient (Wildman–Crippen LogP) is 3.77. The summed E-state index contributed by atoms with van der Waals surface area (Å²) in [5, 5.41) is 6.38. The van der Waals surface area contributed by atoms with Gasteiger partial charge in [-0.1, -0.05) is 18.2 Å². The third kappa shape index (κ3) is 7.89. The summed E-state index contributed by atoms with van der Waals surface area (Å²) >= 11 is 0. The van der Waals surface area contributed by atoms with Crippen LogP contribution >= 0.6 is 24.0 Å². The number of anilines is 1. The second-order valence-electron chi connectivity index (χ2n) is 6.66. The van der Waals surface area contributed by atoms with Gasteiger partial charge >= 0.3 is 5.97 Å². The minimum atomic E-state index is -0.333. The molecular formula is C22H27FIN3O4. The van der Waals surface area contributed by atoms with Crippen molar-refractivity contribution in [1.29, 1.82) is 0 Å². The molecule has 0 spiro atoms. The van der Waals surface area contributed by atoms with Crippen molar-refractivity contribution in [2.45, 2.75) is 19.3 Å². The number of guanidine groups is 1. The van der Waals surface area contributed by atoms with Crippen LogP contribution in [0.5, 0.6) is 11.5 Å². The van der Waals surface area contributed by atoms with Gasteiger partial charge in [0.25, 0.3) is 0 Å². The number of aliphatic imine (C=N–C) groups is 1. The van der Waals surface area contributed by atoms with Gasteiger partial charge in [0.1, 0.15) is 5.82 Å². The van der Waals surface area contributed by atoms with Crippen LogP contribution in [0.3, 0.4) is 0 Å². The molecule has 0 radical (unpaired) electrons. The molecule has 0 saturated heterocycles. The molecular weight excluding hydrogens is 516 g/mol.